The molecule has 0 saturated carbocycles. The van der Waals surface area contributed by atoms with Crippen molar-refractivity contribution in [3.05, 3.63) is 109 Å². The van der Waals surface area contributed by atoms with Crippen molar-refractivity contribution >= 4 is 81.4 Å². The van der Waals surface area contributed by atoms with E-state index < -0.39 is 34.9 Å². The van der Waals surface area contributed by atoms with E-state index >= 15 is 0 Å². The van der Waals surface area contributed by atoms with E-state index in [-0.39, 0.29) is 23.9 Å². The number of halogens is 2. The van der Waals surface area contributed by atoms with Crippen molar-refractivity contribution in [3.8, 4) is 0 Å². The number of rotatable bonds is 7. The van der Waals surface area contributed by atoms with Crippen molar-refractivity contribution in [3.63, 3.8) is 0 Å². The highest BCUT2D eigenvalue weighted by Gasteiger charge is 2.56. The van der Waals surface area contributed by atoms with E-state index in [0.717, 1.165) is 28.7 Å². The quantitative estimate of drug-likeness (QED) is 0.195. The van der Waals surface area contributed by atoms with Crippen LogP contribution in [-0.2, 0) is 25.7 Å². The number of imide groups is 1. The number of thiazole rings is 1. The average Bonchev–Trinajstić information content (AvgIpc) is 3.45. The number of thioether (sulfide) groups is 1. The number of carbonyl (C=O) groups is 4. The number of ether oxygens (including phenoxy) is 1. The van der Waals surface area contributed by atoms with Gasteiger partial charge in [0.15, 0.2) is 0 Å². The van der Waals surface area contributed by atoms with Crippen LogP contribution in [0.25, 0.3) is 0 Å². The minimum Gasteiger partial charge on any atom is -0.462 e. The molecule has 1 aromatic heterocycles. The SMILES string of the molecule is CCOC(=O)c1ccc(NC(=O)Cn2c3c(sc2=O)C(c2ccc(Cl)cc2)C2C(=O)N(c4ccc(Cl)cc4)C(=O)C2S3)cc1. The van der Waals surface area contributed by atoms with Crippen molar-refractivity contribution in [2.24, 2.45) is 5.92 Å². The Morgan fingerprint density at radius 2 is 1.52 bits per heavy atom. The van der Waals surface area contributed by atoms with Crippen LogP contribution in [-0.4, -0.2) is 40.1 Å². The third kappa shape index (κ3) is 5.56. The summed E-state index contributed by atoms with van der Waals surface area (Å²) in [4.78, 5) is 67.5. The van der Waals surface area contributed by atoms with Crippen molar-refractivity contribution in [1.29, 1.82) is 0 Å². The molecule has 3 unspecified atom stereocenters. The van der Waals surface area contributed by atoms with Crippen molar-refractivity contribution in [2.75, 3.05) is 16.8 Å². The zero-order chi connectivity index (χ0) is 31.1. The summed E-state index contributed by atoms with van der Waals surface area (Å²) in [6.45, 7) is 1.64. The van der Waals surface area contributed by atoms with Crippen LogP contribution in [0.3, 0.4) is 0 Å². The maximum atomic E-state index is 13.9. The largest absolute Gasteiger partial charge is 0.462 e. The van der Waals surface area contributed by atoms with Crippen LogP contribution in [0.4, 0.5) is 11.4 Å². The van der Waals surface area contributed by atoms with Crippen LogP contribution < -0.4 is 15.1 Å². The average molecular weight is 669 g/mol. The Bertz CT molecular complexity index is 1840. The monoisotopic (exact) mass is 667 g/mol. The second-order valence-corrected chi connectivity index (χ2v) is 13.0. The van der Waals surface area contributed by atoms with Gasteiger partial charge in [-0.1, -0.05) is 58.4 Å². The Kier molecular flexibility index (Phi) is 8.38. The molecule has 3 aromatic carbocycles. The number of esters is 1. The number of aromatic nitrogens is 1. The fourth-order valence-corrected chi connectivity index (χ4v) is 8.40. The highest BCUT2D eigenvalue weighted by Crippen LogP contribution is 2.54. The zero-order valence-electron chi connectivity index (χ0n) is 23.0. The molecule has 1 saturated heterocycles. The number of carbonyl (C=O) groups excluding carboxylic acids is 4. The molecule has 3 atom stereocenters. The van der Waals surface area contributed by atoms with Gasteiger partial charge in [-0.15, -0.1) is 0 Å². The second kappa shape index (κ2) is 12.2. The summed E-state index contributed by atoms with van der Waals surface area (Å²) < 4.78 is 6.33. The van der Waals surface area contributed by atoms with Crippen molar-refractivity contribution < 1.29 is 23.9 Å². The molecule has 1 N–H and O–H groups in total. The summed E-state index contributed by atoms with van der Waals surface area (Å²) >= 11 is 14.3. The first-order chi connectivity index (χ1) is 21.2. The topological polar surface area (TPSA) is 115 Å². The number of amides is 3. The number of hydrogen-bond donors (Lipinski definition) is 1. The molecule has 13 heteroatoms. The second-order valence-electron chi connectivity index (χ2n) is 10.1. The minimum absolute atomic E-state index is 0.244. The lowest BCUT2D eigenvalue weighted by atomic mass is 9.83. The Morgan fingerprint density at radius 1 is 0.886 bits per heavy atom. The molecule has 1 fully saturated rings. The maximum Gasteiger partial charge on any atom is 0.338 e. The fraction of sp³-hybridized carbons (Fsp3) is 0.194. The van der Waals surface area contributed by atoms with Gasteiger partial charge in [-0.2, -0.15) is 0 Å². The van der Waals surface area contributed by atoms with Gasteiger partial charge in [0.1, 0.15) is 11.8 Å². The third-order valence-electron chi connectivity index (χ3n) is 7.34. The molecule has 6 rings (SSSR count). The highest BCUT2D eigenvalue weighted by atomic mass is 35.5. The van der Waals surface area contributed by atoms with E-state index in [4.69, 9.17) is 27.9 Å². The molecule has 9 nitrogen and oxygen atoms in total. The van der Waals surface area contributed by atoms with Gasteiger partial charge < -0.3 is 10.1 Å². The van der Waals surface area contributed by atoms with E-state index in [1.165, 1.54) is 21.6 Å². The maximum absolute atomic E-state index is 13.9. The predicted octanol–water partition coefficient (Wildman–Crippen LogP) is 5.83. The zero-order valence-corrected chi connectivity index (χ0v) is 26.1. The van der Waals surface area contributed by atoms with E-state index in [9.17, 15) is 24.0 Å². The molecule has 224 valence electrons. The van der Waals surface area contributed by atoms with Crippen LogP contribution in [0.1, 0.15) is 33.6 Å². The molecular formula is C31H23Cl2N3O6S2. The van der Waals surface area contributed by atoms with Gasteiger partial charge >= 0.3 is 10.8 Å². The van der Waals surface area contributed by atoms with Gasteiger partial charge in [0.05, 0.1) is 28.8 Å². The first kappa shape index (κ1) is 30.1. The van der Waals surface area contributed by atoms with Crippen LogP contribution in [0.2, 0.25) is 10.0 Å². The Labute approximate surface area is 269 Å². The van der Waals surface area contributed by atoms with Gasteiger partial charge in [-0.25, -0.2) is 9.69 Å². The first-order valence-electron chi connectivity index (χ1n) is 13.5. The number of nitrogens with one attached hydrogen (secondary N) is 1. The Hall–Kier alpha value is -3.90. The molecule has 3 heterocycles. The summed E-state index contributed by atoms with van der Waals surface area (Å²) in [5.41, 5.74) is 1.91. The molecule has 0 aliphatic carbocycles. The van der Waals surface area contributed by atoms with Gasteiger partial charge in [-0.3, -0.25) is 23.7 Å². The van der Waals surface area contributed by atoms with E-state index in [2.05, 4.69) is 5.32 Å². The summed E-state index contributed by atoms with van der Waals surface area (Å²) in [6, 6.07) is 19.6. The minimum atomic E-state index is -0.829. The summed E-state index contributed by atoms with van der Waals surface area (Å²) in [5, 5.41) is 3.36. The van der Waals surface area contributed by atoms with E-state index in [0.29, 0.717) is 36.9 Å². The van der Waals surface area contributed by atoms with E-state index in [1.807, 2.05) is 0 Å². The van der Waals surface area contributed by atoms with Crippen LogP contribution in [0.15, 0.2) is 82.6 Å². The molecule has 2 aliphatic rings. The third-order valence-corrected chi connectivity index (χ3v) is 10.5. The van der Waals surface area contributed by atoms with Gasteiger partial charge in [0, 0.05) is 26.5 Å². The van der Waals surface area contributed by atoms with Gasteiger partial charge in [-0.05, 0) is 73.2 Å². The van der Waals surface area contributed by atoms with Crippen LogP contribution >= 0.6 is 46.3 Å². The van der Waals surface area contributed by atoms with Crippen molar-refractivity contribution in [2.45, 2.75) is 29.7 Å². The molecule has 0 bridgehead atoms. The number of fused-ring (bicyclic) bond motifs is 2. The standard InChI is InChI=1S/C31H23Cl2N3O6S2/c1-2-42-30(40)17-5-11-20(12-6-17)34-22(37)15-35-29-26(44-31(35)41)23(16-3-7-18(32)8-4-16)24-25(43-29)28(39)36(27(24)38)21-13-9-19(33)10-14-21/h3-14,23-25H,2,15H2,1H3,(H,34,37). The smallest absolute Gasteiger partial charge is 0.338 e. The summed E-state index contributed by atoms with van der Waals surface area (Å²) in [5.74, 6) is -3.12. The summed E-state index contributed by atoms with van der Waals surface area (Å²) in [7, 11) is 0. The lowest BCUT2D eigenvalue weighted by Crippen LogP contribution is -2.33. The van der Waals surface area contributed by atoms with E-state index in [1.54, 1.807) is 67.6 Å². The van der Waals surface area contributed by atoms with Crippen molar-refractivity contribution in [1.82, 2.24) is 4.57 Å². The normalized spacial score (nSPS) is 19.0. The fourth-order valence-electron chi connectivity index (χ4n) is 5.38. The lowest BCUT2D eigenvalue weighted by Gasteiger charge is -2.30. The molecule has 4 aromatic rings. The molecular weight excluding hydrogens is 645 g/mol. The predicted molar refractivity (Wildman–Crippen MR) is 170 cm³/mol. The number of nitrogens with zero attached hydrogens (tertiary/aromatic N) is 2. The molecule has 2 aliphatic heterocycles. The molecule has 44 heavy (non-hydrogen) atoms. The van der Waals surface area contributed by atoms with Gasteiger partial charge in [0.2, 0.25) is 17.7 Å². The molecule has 0 spiro atoms. The molecule has 0 radical (unpaired) electrons. The number of benzene rings is 3. The molecule has 3 amide bonds. The van der Waals surface area contributed by atoms with Gasteiger partial charge in [0.25, 0.3) is 0 Å². The Balaban J connectivity index is 1.33. The number of anilines is 2. The van der Waals surface area contributed by atoms with Crippen LogP contribution in [0.5, 0.6) is 0 Å². The lowest BCUT2D eigenvalue weighted by molar-refractivity contribution is -0.122. The summed E-state index contributed by atoms with van der Waals surface area (Å²) in [6.07, 6.45) is 0. The highest BCUT2D eigenvalue weighted by molar-refractivity contribution is 8.00. The number of hydrogen-bond acceptors (Lipinski definition) is 8. The first-order valence-corrected chi connectivity index (χ1v) is 16.0. The van der Waals surface area contributed by atoms with Crippen LogP contribution in [0, 0.1) is 5.92 Å². The Morgan fingerprint density at radius 3 is 2.16 bits per heavy atom.